The quantitative estimate of drug-likeness (QED) is 0.271. The third-order valence-electron chi connectivity index (χ3n) is 5.28. The van der Waals surface area contributed by atoms with Crippen LogP contribution in [0.3, 0.4) is 0 Å². The minimum atomic E-state index is -4.49. The maximum absolute atomic E-state index is 13.7. The lowest BCUT2D eigenvalue weighted by Gasteiger charge is -2.15. The maximum atomic E-state index is 13.7. The van der Waals surface area contributed by atoms with E-state index in [1.54, 1.807) is 60.7 Å². The molecular weight excluding hydrogens is 514 g/mol. The number of halogens is 2. The van der Waals surface area contributed by atoms with Gasteiger partial charge < -0.3 is 24.4 Å². The summed E-state index contributed by atoms with van der Waals surface area (Å²) in [4.78, 5) is 48.7. The van der Waals surface area contributed by atoms with Crippen molar-refractivity contribution >= 4 is 23.8 Å². The number of esters is 2. The first kappa shape index (κ1) is 33.2. The number of amides is 1. The molecule has 0 atom stereocenters. The summed E-state index contributed by atoms with van der Waals surface area (Å²) in [5.74, 6) is -4.11. The van der Waals surface area contributed by atoms with E-state index >= 15 is 0 Å². The second kappa shape index (κ2) is 18.4. The molecule has 0 heterocycles. The lowest BCUT2D eigenvalue weighted by Crippen LogP contribution is -2.36. The molecule has 214 valence electrons. The van der Waals surface area contributed by atoms with Crippen molar-refractivity contribution in [1.29, 1.82) is 0 Å². The highest BCUT2D eigenvalue weighted by Crippen LogP contribution is 2.19. The Labute approximate surface area is 227 Å². The first-order chi connectivity index (χ1) is 18.6. The second-order valence-electron chi connectivity index (χ2n) is 8.13. The van der Waals surface area contributed by atoms with Crippen molar-refractivity contribution < 1.29 is 42.2 Å². The number of carbonyl (C=O) groups excluding carboxylic acids is 4. The van der Waals surface area contributed by atoms with Gasteiger partial charge in [0.25, 0.3) is 0 Å². The summed E-state index contributed by atoms with van der Waals surface area (Å²) in [6.45, 7) is 9.25. The summed E-state index contributed by atoms with van der Waals surface area (Å²) in [6, 6.07) is 16.9. The average Bonchev–Trinajstić information content (AvgIpc) is 2.94. The largest absolute Gasteiger partial charge is 0.504 e. The van der Waals surface area contributed by atoms with Gasteiger partial charge in [-0.05, 0) is 30.8 Å². The van der Waals surface area contributed by atoms with Gasteiger partial charge in [0.2, 0.25) is 0 Å². The van der Waals surface area contributed by atoms with Crippen molar-refractivity contribution in [2.24, 2.45) is 0 Å². The van der Waals surface area contributed by atoms with Crippen molar-refractivity contribution in [2.45, 2.75) is 52.9 Å². The molecular formula is C28H36F2N2O7. The van der Waals surface area contributed by atoms with Crippen LogP contribution in [0.15, 0.2) is 60.7 Å². The zero-order valence-electron chi connectivity index (χ0n) is 22.5. The Kier molecular flexibility index (Phi) is 15.6. The van der Waals surface area contributed by atoms with Crippen LogP contribution in [0.4, 0.5) is 13.6 Å². The van der Waals surface area contributed by atoms with Crippen molar-refractivity contribution in [3.05, 3.63) is 71.8 Å². The van der Waals surface area contributed by atoms with Crippen LogP contribution in [-0.4, -0.2) is 61.0 Å². The van der Waals surface area contributed by atoms with Crippen LogP contribution >= 0.6 is 0 Å². The Morgan fingerprint density at radius 3 is 1.72 bits per heavy atom. The summed E-state index contributed by atoms with van der Waals surface area (Å²) >= 11 is 0. The van der Waals surface area contributed by atoms with Crippen molar-refractivity contribution in [3.63, 3.8) is 0 Å². The summed E-state index contributed by atoms with van der Waals surface area (Å²) in [6.07, 6.45) is -6.53. The number of benzene rings is 2. The highest BCUT2D eigenvalue weighted by atomic mass is 19.3. The Hall–Kier alpha value is -3.86. The van der Waals surface area contributed by atoms with Crippen molar-refractivity contribution in [2.75, 3.05) is 26.2 Å². The fourth-order valence-corrected chi connectivity index (χ4v) is 2.99. The van der Waals surface area contributed by atoms with Gasteiger partial charge in [-0.2, -0.15) is 8.78 Å². The summed E-state index contributed by atoms with van der Waals surface area (Å²) in [5, 5.41) is 2.19. The number of ether oxygens (including phenoxy) is 3. The number of alkyl carbamates (subject to hydrolysis) is 1. The highest BCUT2D eigenvalue weighted by molar-refractivity contribution is 5.87. The maximum Gasteiger partial charge on any atom is 0.504 e. The zero-order chi connectivity index (χ0) is 29.1. The average molecular weight is 551 g/mol. The van der Waals surface area contributed by atoms with Gasteiger partial charge in [-0.25, -0.2) is 9.59 Å². The number of alkyl halides is 2. The molecule has 0 aliphatic heterocycles. The minimum Gasteiger partial charge on any atom is -0.453 e. The molecule has 39 heavy (non-hydrogen) atoms. The first-order valence-corrected chi connectivity index (χ1v) is 12.6. The number of carbonyl (C=O) groups is 4. The molecule has 2 aromatic rings. The van der Waals surface area contributed by atoms with Gasteiger partial charge >= 0.3 is 24.1 Å². The molecule has 0 bridgehead atoms. The summed E-state index contributed by atoms with van der Waals surface area (Å²) in [5.41, 5.74) is 1.23. The number of Topliss-reactive ketones (excluding diaryl/α,β-unsaturated/α-hetero) is 1. The van der Waals surface area contributed by atoms with E-state index in [1.165, 1.54) is 19.6 Å². The van der Waals surface area contributed by atoms with Crippen LogP contribution in [0.2, 0.25) is 0 Å². The topological polar surface area (TPSA) is 111 Å². The highest BCUT2D eigenvalue weighted by Gasteiger charge is 2.46. The molecule has 2 aromatic carbocycles. The van der Waals surface area contributed by atoms with Crippen molar-refractivity contribution in [1.82, 2.24) is 10.2 Å². The molecule has 1 N–H and O–H groups in total. The molecule has 0 spiro atoms. The molecule has 0 saturated heterocycles. The Morgan fingerprint density at radius 1 is 0.769 bits per heavy atom. The van der Waals surface area contributed by atoms with E-state index in [4.69, 9.17) is 4.74 Å². The van der Waals surface area contributed by atoms with Crippen LogP contribution in [-0.2, 0) is 41.8 Å². The molecule has 0 fully saturated rings. The number of nitrogens with zero attached hydrogens (tertiary/aromatic N) is 1. The smallest absolute Gasteiger partial charge is 0.453 e. The van der Waals surface area contributed by atoms with Crippen LogP contribution in [0.25, 0.3) is 0 Å². The Balaban J connectivity index is 0.000000956. The number of hydrogen-bond acceptors (Lipinski definition) is 8. The van der Waals surface area contributed by atoms with Crippen LogP contribution in [0.5, 0.6) is 0 Å². The third-order valence-corrected chi connectivity index (χ3v) is 5.28. The molecule has 1 amide bonds. The molecule has 0 aliphatic rings. The predicted molar refractivity (Wildman–Crippen MR) is 140 cm³/mol. The van der Waals surface area contributed by atoms with Crippen molar-refractivity contribution in [3.8, 4) is 0 Å². The third kappa shape index (κ3) is 14.6. The zero-order valence-corrected chi connectivity index (χ0v) is 22.5. The molecule has 0 aliphatic carbocycles. The van der Waals surface area contributed by atoms with E-state index in [0.717, 1.165) is 5.56 Å². The van der Waals surface area contributed by atoms with Crippen LogP contribution < -0.4 is 5.32 Å². The number of ketones is 1. The molecule has 2 rings (SSSR count). The van der Waals surface area contributed by atoms with Gasteiger partial charge in [0, 0.05) is 6.42 Å². The SMILES string of the molecule is CCN(CC)CC.O=C(CCC(=O)OC(F)(F)C(=O)OCc1ccccc1)CNC(=O)OCc1ccccc1. The van der Waals surface area contributed by atoms with E-state index < -0.39 is 55.9 Å². The van der Waals surface area contributed by atoms with Crippen LogP contribution in [0, 0.1) is 0 Å². The number of hydrogen-bond donors (Lipinski definition) is 1. The normalized spacial score (nSPS) is 10.6. The van der Waals surface area contributed by atoms with E-state index in [1.807, 2.05) is 0 Å². The standard InChI is InChI=1S/C22H21F2NO7.C6H15N/c23-22(24,20(28)30-14-16-7-3-1-4-8-16)32-19(27)12-11-18(26)13-25-21(29)31-15-17-9-5-2-6-10-17;1-4-7(5-2)6-3/h1-10H,11-15H2,(H,25,29);4-6H2,1-3H3. The Bertz CT molecular complexity index is 1010. The lowest BCUT2D eigenvalue weighted by atomic mass is 10.2. The molecule has 11 heteroatoms. The van der Waals surface area contributed by atoms with Gasteiger partial charge in [0.15, 0.2) is 5.78 Å². The lowest BCUT2D eigenvalue weighted by molar-refractivity contribution is -0.245. The van der Waals surface area contributed by atoms with Gasteiger partial charge in [-0.15, -0.1) is 0 Å². The Morgan fingerprint density at radius 2 is 1.26 bits per heavy atom. The predicted octanol–water partition coefficient (Wildman–Crippen LogP) is 4.49. The fraction of sp³-hybridized carbons (Fsp3) is 0.429. The molecule has 0 saturated carbocycles. The van der Waals surface area contributed by atoms with Gasteiger partial charge in [0.1, 0.15) is 13.2 Å². The summed E-state index contributed by atoms with van der Waals surface area (Å²) in [7, 11) is 0. The van der Waals surface area contributed by atoms with Crippen LogP contribution in [0.1, 0.15) is 44.7 Å². The van der Waals surface area contributed by atoms with E-state index in [-0.39, 0.29) is 6.61 Å². The molecule has 0 unspecified atom stereocenters. The van der Waals surface area contributed by atoms with Gasteiger partial charge in [-0.1, -0.05) is 81.4 Å². The number of nitrogens with one attached hydrogen (secondary N) is 1. The first-order valence-electron chi connectivity index (χ1n) is 12.6. The monoisotopic (exact) mass is 550 g/mol. The summed E-state index contributed by atoms with van der Waals surface area (Å²) < 4.78 is 40.6. The van der Waals surface area contributed by atoms with E-state index in [0.29, 0.717) is 5.56 Å². The molecule has 0 radical (unpaired) electrons. The second-order valence-corrected chi connectivity index (χ2v) is 8.13. The minimum absolute atomic E-state index is 0.00262. The van der Waals surface area contributed by atoms with Gasteiger partial charge in [-0.3, -0.25) is 9.59 Å². The fourth-order valence-electron chi connectivity index (χ4n) is 2.99. The van der Waals surface area contributed by atoms with Gasteiger partial charge in [0.05, 0.1) is 13.0 Å². The molecule has 9 nitrogen and oxygen atoms in total. The van der Waals surface area contributed by atoms with E-state index in [9.17, 15) is 28.0 Å². The molecule has 0 aromatic heterocycles. The van der Waals surface area contributed by atoms with E-state index in [2.05, 4.69) is 40.5 Å². The number of rotatable bonds is 14.